The molecule has 0 aromatic heterocycles. The normalized spacial score (nSPS) is 22.1. The summed E-state index contributed by atoms with van der Waals surface area (Å²) in [6.07, 6.45) is 5.35. The van der Waals surface area contributed by atoms with Gasteiger partial charge in [0.2, 0.25) is 0 Å². The van der Waals surface area contributed by atoms with E-state index in [0.29, 0.717) is 12.6 Å². The Morgan fingerprint density at radius 2 is 1.70 bits per heavy atom. The van der Waals surface area contributed by atoms with E-state index in [1.807, 2.05) is 42.5 Å². The second-order valence-corrected chi connectivity index (χ2v) is 12.8. The Morgan fingerprint density at radius 3 is 2.36 bits per heavy atom. The van der Waals surface area contributed by atoms with Crippen LogP contribution in [0.5, 0.6) is 0 Å². The van der Waals surface area contributed by atoms with Gasteiger partial charge >= 0.3 is 5.97 Å². The number of nitrogens with one attached hydrogen (secondary N) is 1. The molecule has 8 heteroatoms. The summed E-state index contributed by atoms with van der Waals surface area (Å²) in [6, 6.07) is 24.8. The molecule has 1 aliphatic carbocycles. The van der Waals surface area contributed by atoms with Crippen LogP contribution in [0.3, 0.4) is 0 Å². The SMILES string of the molecule is C=CCN(C[C@@H]1O[C@H](c2ccc(-c3cccc(CNC(=O)[C@H](C)OC(C)=O)c3)cc2)O[C@H](c2ccc(CO)cc2)[C@@H]1C)C1CCCC1. The van der Waals surface area contributed by atoms with Crippen LogP contribution in [-0.2, 0) is 37.0 Å². The molecule has 1 saturated carbocycles. The lowest BCUT2D eigenvalue weighted by atomic mass is 9.89. The van der Waals surface area contributed by atoms with Gasteiger partial charge in [-0.1, -0.05) is 92.6 Å². The van der Waals surface area contributed by atoms with Crippen molar-refractivity contribution < 1.29 is 28.9 Å². The Labute approximate surface area is 278 Å². The van der Waals surface area contributed by atoms with Crippen molar-refractivity contribution in [3.63, 3.8) is 0 Å². The van der Waals surface area contributed by atoms with Crippen molar-refractivity contribution in [2.75, 3.05) is 13.1 Å². The first-order chi connectivity index (χ1) is 22.7. The van der Waals surface area contributed by atoms with Crippen LogP contribution in [0.2, 0.25) is 0 Å². The van der Waals surface area contributed by atoms with Crippen molar-refractivity contribution in [3.8, 4) is 11.1 Å². The molecule has 8 nitrogen and oxygen atoms in total. The summed E-state index contributed by atoms with van der Waals surface area (Å²) in [5.74, 6) is -0.717. The van der Waals surface area contributed by atoms with E-state index in [4.69, 9.17) is 14.2 Å². The molecule has 3 aromatic carbocycles. The molecule has 250 valence electrons. The molecule has 0 spiro atoms. The van der Waals surface area contributed by atoms with Crippen molar-refractivity contribution in [1.29, 1.82) is 0 Å². The van der Waals surface area contributed by atoms with Gasteiger partial charge in [-0.15, -0.1) is 6.58 Å². The van der Waals surface area contributed by atoms with Gasteiger partial charge in [0.05, 0.1) is 18.8 Å². The van der Waals surface area contributed by atoms with Gasteiger partial charge in [0.1, 0.15) is 0 Å². The van der Waals surface area contributed by atoms with Crippen molar-refractivity contribution in [2.24, 2.45) is 5.92 Å². The van der Waals surface area contributed by atoms with E-state index in [9.17, 15) is 14.7 Å². The van der Waals surface area contributed by atoms with E-state index in [2.05, 4.69) is 60.1 Å². The third-order valence-corrected chi connectivity index (χ3v) is 9.36. The Kier molecular flexibility index (Phi) is 12.0. The van der Waals surface area contributed by atoms with E-state index in [1.165, 1.54) is 32.6 Å². The fourth-order valence-electron chi connectivity index (χ4n) is 6.70. The number of aliphatic hydroxyl groups excluding tert-OH is 1. The minimum Gasteiger partial charge on any atom is -0.453 e. The van der Waals surface area contributed by atoms with Gasteiger partial charge in [0.15, 0.2) is 12.4 Å². The highest BCUT2D eigenvalue weighted by atomic mass is 16.7. The van der Waals surface area contributed by atoms with Crippen molar-refractivity contribution in [3.05, 3.63) is 108 Å². The minimum atomic E-state index is -0.845. The number of hydrogen-bond acceptors (Lipinski definition) is 7. The molecule has 0 unspecified atom stereocenters. The molecule has 2 fully saturated rings. The zero-order valence-electron chi connectivity index (χ0n) is 27.8. The number of esters is 1. The monoisotopic (exact) mass is 640 g/mol. The molecule has 1 saturated heterocycles. The second kappa shape index (κ2) is 16.3. The molecular formula is C39H48N2O6. The standard InChI is InChI=1S/C39H48N2O6/c1-5-21-41(35-11-6-7-12-35)24-36-26(2)37(32-15-13-29(25-42)14-16-32)47-39(46-36)33-19-17-31(18-20-33)34-10-8-9-30(22-34)23-40-38(44)27(3)45-28(4)43/h5,8-10,13-20,22,26-27,35-37,39,42H,1,6-7,11-12,21,23-25H2,2-4H3,(H,40,44)/t26-,27+,36+,37+,39+/m1/s1. The molecular weight excluding hydrogens is 592 g/mol. The number of aliphatic hydroxyl groups is 1. The summed E-state index contributed by atoms with van der Waals surface area (Å²) in [5, 5.41) is 12.4. The molecule has 1 heterocycles. The Hall–Kier alpha value is -3.82. The minimum absolute atomic E-state index is 0.00675. The van der Waals surface area contributed by atoms with Crippen LogP contribution in [0.1, 0.15) is 81.1 Å². The van der Waals surface area contributed by atoms with Crippen LogP contribution in [0.25, 0.3) is 11.1 Å². The average Bonchev–Trinajstić information content (AvgIpc) is 3.63. The number of ether oxygens (including phenoxy) is 3. The van der Waals surface area contributed by atoms with Crippen LogP contribution in [0.4, 0.5) is 0 Å². The molecule has 5 rings (SSSR count). The van der Waals surface area contributed by atoms with Crippen molar-refractivity contribution in [2.45, 2.75) is 90.2 Å². The summed E-state index contributed by atoms with van der Waals surface area (Å²) in [6.45, 7) is 11.1. The maximum absolute atomic E-state index is 12.3. The topological polar surface area (TPSA) is 97.3 Å². The lowest BCUT2D eigenvalue weighted by Gasteiger charge is -2.43. The van der Waals surface area contributed by atoms with Gasteiger partial charge in [0, 0.05) is 44.1 Å². The predicted octanol–water partition coefficient (Wildman–Crippen LogP) is 6.64. The molecule has 0 bridgehead atoms. The van der Waals surface area contributed by atoms with Gasteiger partial charge in [-0.3, -0.25) is 14.5 Å². The highest BCUT2D eigenvalue weighted by molar-refractivity contribution is 5.82. The smallest absolute Gasteiger partial charge is 0.303 e. The molecule has 2 aliphatic rings. The summed E-state index contributed by atoms with van der Waals surface area (Å²) in [4.78, 5) is 26.0. The maximum Gasteiger partial charge on any atom is 0.303 e. The van der Waals surface area contributed by atoms with E-state index in [0.717, 1.165) is 46.5 Å². The fourth-order valence-corrected chi connectivity index (χ4v) is 6.70. The summed E-state index contributed by atoms with van der Waals surface area (Å²) < 4.78 is 18.5. The third kappa shape index (κ3) is 8.96. The summed E-state index contributed by atoms with van der Waals surface area (Å²) >= 11 is 0. The molecule has 47 heavy (non-hydrogen) atoms. The number of carbonyl (C=O) groups excluding carboxylic acids is 2. The summed E-state index contributed by atoms with van der Waals surface area (Å²) in [7, 11) is 0. The Bertz CT molecular complexity index is 1480. The molecule has 0 radical (unpaired) electrons. The molecule has 2 N–H and O–H groups in total. The number of hydrogen-bond donors (Lipinski definition) is 2. The summed E-state index contributed by atoms with van der Waals surface area (Å²) in [5.41, 5.74) is 5.89. The van der Waals surface area contributed by atoms with E-state index in [1.54, 1.807) is 6.92 Å². The molecule has 1 amide bonds. The van der Waals surface area contributed by atoms with Crippen LogP contribution in [0, 0.1) is 5.92 Å². The number of rotatable bonds is 13. The number of benzene rings is 3. The van der Waals surface area contributed by atoms with Crippen molar-refractivity contribution >= 4 is 11.9 Å². The van der Waals surface area contributed by atoms with E-state index in [-0.39, 0.29) is 30.6 Å². The molecule has 5 atom stereocenters. The molecule has 1 aliphatic heterocycles. The quantitative estimate of drug-likeness (QED) is 0.160. The fraction of sp³-hybridized carbons (Fsp3) is 0.436. The van der Waals surface area contributed by atoms with Gasteiger partial charge in [-0.05, 0) is 53.6 Å². The molecule has 3 aromatic rings. The Balaban J connectivity index is 1.33. The zero-order valence-corrected chi connectivity index (χ0v) is 27.8. The van der Waals surface area contributed by atoms with Gasteiger partial charge in [-0.2, -0.15) is 0 Å². The van der Waals surface area contributed by atoms with Crippen LogP contribution >= 0.6 is 0 Å². The number of nitrogens with zero attached hydrogens (tertiary/aromatic N) is 1. The van der Waals surface area contributed by atoms with Crippen molar-refractivity contribution in [1.82, 2.24) is 10.2 Å². The first-order valence-corrected chi connectivity index (χ1v) is 16.8. The number of amides is 1. The first-order valence-electron chi connectivity index (χ1n) is 16.8. The number of carbonyl (C=O) groups is 2. The lowest BCUT2D eigenvalue weighted by molar-refractivity contribution is -0.276. The van der Waals surface area contributed by atoms with E-state index < -0.39 is 18.4 Å². The van der Waals surface area contributed by atoms with Crippen LogP contribution < -0.4 is 5.32 Å². The highest BCUT2D eigenvalue weighted by Gasteiger charge is 2.40. The lowest BCUT2D eigenvalue weighted by Crippen LogP contribution is -2.47. The third-order valence-electron chi connectivity index (χ3n) is 9.36. The highest BCUT2D eigenvalue weighted by Crippen LogP contribution is 2.42. The van der Waals surface area contributed by atoms with Crippen LogP contribution in [0.15, 0.2) is 85.5 Å². The largest absolute Gasteiger partial charge is 0.453 e. The first kappa shape index (κ1) is 34.5. The average molecular weight is 641 g/mol. The van der Waals surface area contributed by atoms with Gasteiger partial charge in [0.25, 0.3) is 5.91 Å². The maximum atomic E-state index is 12.3. The van der Waals surface area contributed by atoms with Gasteiger partial charge < -0.3 is 24.6 Å². The van der Waals surface area contributed by atoms with Crippen LogP contribution in [-0.4, -0.2) is 53.2 Å². The zero-order chi connectivity index (χ0) is 33.3. The Morgan fingerprint density at radius 1 is 1.00 bits per heavy atom. The predicted molar refractivity (Wildman–Crippen MR) is 182 cm³/mol. The van der Waals surface area contributed by atoms with Gasteiger partial charge in [-0.25, -0.2) is 0 Å². The second-order valence-electron chi connectivity index (χ2n) is 12.8. The van der Waals surface area contributed by atoms with E-state index >= 15 is 0 Å².